The lowest BCUT2D eigenvalue weighted by molar-refractivity contribution is 1.08. The summed E-state index contributed by atoms with van der Waals surface area (Å²) in [6.45, 7) is 0. The van der Waals surface area contributed by atoms with E-state index in [9.17, 15) is 0 Å². The van der Waals surface area contributed by atoms with Gasteiger partial charge in [0.25, 0.3) is 0 Å². The smallest absolute Gasteiger partial charge is 0.235 e. The zero-order valence-corrected chi connectivity index (χ0v) is 82.2. The number of rotatable bonds is 7. The number of hydrogen-bond donors (Lipinski definition) is 0. The van der Waals surface area contributed by atoms with Crippen molar-refractivity contribution < 1.29 is 6.85 Å². The van der Waals surface area contributed by atoms with Gasteiger partial charge in [-0.05, 0) is 241 Å². The second-order valence-corrected chi connectivity index (χ2v) is 39.1. The Kier molecular flexibility index (Phi) is 21.0. The van der Waals surface area contributed by atoms with Crippen LogP contribution in [0.5, 0.6) is 0 Å². The molecule has 5 aliphatic rings. The van der Waals surface area contributed by atoms with Crippen molar-refractivity contribution in [3.63, 3.8) is 0 Å². The molecule has 0 bridgehead atoms. The Morgan fingerprint density at radius 1 is 0.197 bits per heavy atom. The number of benzene rings is 21. The number of hydrogen-bond acceptors (Lipinski definition) is 9. The van der Waals surface area contributed by atoms with Crippen molar-refractivity contribution in [2.75, 3.05) is 24.5 Å². The molecule has 650 valence electrons. The zero-order valence-electron chi connectivity index (χ0n) is 77.7. The molecule has 0 spiro atoms. The molecular formula is C122H75Br6N9. The Morgan fingerprint density at radius 3 is 1.01 bits per heavy atom. The number of aromatic nitrogens is 4. The second kappa shape index (κ2) is 36.1. The SMILES string of the molecule is Brc1cc(Br)cc(-c2ccc3c(c2)N(c2ccccc2)c2cccc4cccc-3c24)c1.Brc1ccc2c(c1)N(c1ccccc1)c1cccc3cccc-2c13.Brc1ccc2c(c1)N(c1ncc3ccccc3n1)c1cccc3cccc-2c13.Brc1ccc2c(c1)N(c1ncccn1)c1cccc3cccc-2c13.[2H]c1c([2H])c([2H])c(N2c3ccc(-c4ccc(Br)cc4)cc3-c3cccc4cccc2c34)c([2H])c1[2H]. The van der Waals surface area contributed by atoms with Gasteiger partial charge in [-0.3, -0.25) is 9.80 Å². The van der Waals surface area contributed by atoms with E-state index in [4.69, 9.17) is 16.8 Å². The summed E-state index contributed by atoms with van der Waals surface area (Å²) in [7, 11) is 0. The Labute approximate surface area is 849 Å². The predicted molar refractivity (Wildman–Crippen MR) is 594 cm³/mol. The van der Waals surface area contributed by atoms with Gasteiger partial charge in [0.1, 0.15) is 0 Å². The average Bonchev–Trinajstić information content (AvgIpc) is 0.694. The van der Waals surface area contributed by atoms with Gasteiger partial charge < -0.3 is 14.7 Å². The Hall–Kier alpha value is -14.8. The van der Waals surface area contributed by atoms with Crippen LogP contribution in [0, 0.1) is 0 Å². The maximum atomic E-state index is 8.67. The third kappa shape index (κ3) is 15.6. The molecule has 0 N–H and O–H groups in total. The first-order valence-corrected chi connectivity index (χ1v) is 49.4. The Morgan fingerprint density at radius 2 is 0.547 bits per heavy atom. The number of anilines is 15. The molecule has 21 aromatic carbocycles. The molecular weight excluding hydrogens is 2070 g/mol. The summed E-state index contributed by atoms with van der Waals surface area (Å²) in [5.41, 5.74) is 30.7. The highest BCUT2D eigenvalue weighted by Crippen LogP contribution is 2.58. The molecule has 5 aliphatic heterocycles. The lowest BCUT2D eigenvalue weighted by atomic mass is 9.89. The van der Waals surface area contributed by atoms with Gasteiger partial charge in [0.2, 0.25) is 11.9 Å². The fraction of sp³-hybridized carbons (Fsp3) is 0. The fourth-order valence-electron chi connectivity index (χ4n) is 19.9. The molecule has 0 unspecified atom stereocenters. The van der Waals surface area contributed by atoms with Crippen molar-refractivity contribution in [3.05, 3.63) is 482 Å². The molecule has 137 heavy (non-hydrogen) atoms. The maximum Gasteiger partial charge on any atom is 0.235 e. The third-order valence-corrected chi connectivity index (χ3v) is 28.6. The summed E-state index contributed by atoms with van der Waals surface area (Å²) in [4.78, 5) is 29.5. The van der Waals surface area contributed by atoms with E-state index >= 15 is 0 Å². The minimum atomic E-state index is -0.398. The molecule has 0 saturated carbocycles. The molecule has 9 nitrogen and oxygen atoms in total. The van der Waals surface area contributed by atoms with Crippen molar-refractivity contribution in [1.29, 1.82) is 0 Å². The third-order valence-electron chi connectivity index (χ3n) is 25.7. The first kappa shape index (κ1) is 79.6. The lowest BCUT2D eigenvalue weighted by Gasteiger charge is -2.34. The minimum Gasteiger partial charge on any atom is -0.309 e. The highest BCUT2D eigenvalue weighted by molar-refractivity contribution is 9.11. The monoisotopic (exact) mass is 2140 g/mol. The van der Waals surface area contributed by atoms with Gasteiger partial charge in [0, 0.05) is 123 Å². The molecule has 0 amide bonds. The van der Waals surface area contributed by atoms with Crippen molar-refractivity contribution >= 4 is 246 Å². The van der Waals surface area contributed by atoms with E-state index in [0.717, 1.165) is 105 Å². The Bertz CT molecular complexity index is 8830. The number of fused-ring (bicyclic) bond motifs is 11. The minimum absolute atomic E-state index is 0.149. The van der Waals surface area contributed by atoms with E-state index < -0.39 is 6.04 Å². The van der Waals surface area contributed by atoms with Crippen LogP contribution in [0.1, 0.15) is 6.85 Å². The van der Waals surface area contributed by atoms with Gasteiger partial charge in [-0.25, -0.2) is 19.9 Å². The van der Waals surface area contributed by atoms with Gasteiger partial charge in [-0.2, -0.15) is 0 Å². The van der Waals surface area contributed by atoms with E-state index in [1.807, 2.05) is 96.0 Å². The van der Waals surface area contributed by atoms with E-state index in [1.54, 1.807) is 12.4 Å². The fourth-order valence-corrected chi connectivity index (χ4v) is 22.5. The van der Waals surface area contributed by atoms with Crippen LogP contribution in [0.4, 0.5) is 85.8 Å². The van der Waals surface area contributed by atoms with Crippen molar-refractivity contribution in [1.82, 2.24) is 19.9 Å². The van der Waals surface area contributed by atoms with Crippen LogP contribution in [0.2, 0.25) is 0 Å². The summed E-state index contributed by atoms with van der Waals surface area (Å²) in [6.07, 6.45) is 5.46. The maximum absolute atomic E-state index is 8.67. The van der Waals surface area contributed by atoms with Gasteiger partial charge in [-0.1, -0.05) is 368 Å². The summed E-state index contributed by atoms with van der Waals surface area (Å²) >= 11 is 21.6. The van der Waals surface area contributed by atoms with Crippen molar-refractivity contribution in [2.24, 2.45) is 0 Å². The van der Waals surface area contributed by atoms with Gasteiger partial charge in [0.05, 0.1) is 69.2 Å². The lowest BCUT2D eigenvalue weighted by Crippen LogP contribution is -2.17. The standard InChI is InChI=1S/C28H17Br2N.C28H18BrN.C24H14BrN3.C22H14BrN.C20H12BrN3/c29-21-14-20(15-22(30)17-21)19-12-13-24-25-10-4-6-18-7-5-11-26(28(18)25)31(27(24)16-19)23-8-2-1-3-9-23;29-22-15-12-19(13-16-22)21-14-17-26-25(18-21)24-10-4-6-20-7-5-11-27(28(20)24)30(26)23-8-2-1-3-9-23;25-17-11-12-18-19-8-3-6-15-7-4-10-21(23(15)19)28(22(18)13-17)24-26-14-16-5-1-2-9-20(16)27-24;23-16-12-13-18-19-10-4-6-15-7-5-11-20(22(15)19)24(21(18)14-16)17-8-2-1-3-9-17;21-14-8-9-15-16-6-1-4-13-5-2-7-17(19(13)16)24(18(15)12-14)20-22-10-3-11-23-20/h1-17H;1-18H;1-14H;1-14H;1-12H/i;1D,2D,3D,8D,9D;;;. The van der Waals surface area contributed by atoms with E-state index in [0.29, 0.717) is 11.9 Å². The topological polar surface area (TPSA) is 67.8 Å². The van der Waals surface area contributed by atoms with Gasteiger partial charge >= 0.3 is 0 Å². The first-order chi connectivity index (χ1) is 69.5. The van der Waals surface area contributed by atoms with Crippen LogP contribution in [0.3, 0.4) is 0 Å². The highest BCUT2D eigenvalue weighted by atomic mass is 79.9. The molecule has 0 radical (unpaired) electrons. The van der Waals surface area contributed by atoms with Crippen LogP contribution in [-0.4, -0.2) is 19.9 Å². The normalized spacial score (nSPS) is 12.7. The number of nitrogens with zero attached hydrogens (tertiary/aromatic N) is 9. The predicted octanol–water partition coefficient (Wildman–Crippen LogP) is 38.1. The molecule has 23 aromatic rings. The molecule has 7 heterocycles. The van der Waals surface area contributed by atoms with Crippen LogP contribution in [0.15, 0.2) is 482 Å². The van der Waals surface area contributed by atoms with Crippen LogP contribution >= 0.6 is 95.6 Å². The van der Waals surface area contributed by atoms with Crippen LogP contribution in [0.25, 0.3) is 143 Å². The van der Waals surface area contributed by atoms with Crippen molar-refractivity contribution in [2.45, 2.75) is 0 Å². The zero-order chi connectivity index (χ0) is 96.2. The molecule has 15 heteroatoms. The molecule has 0 fully saturated rings. The summed E-state index contributed by atoms with van der Waals surface area (Å²) < 4.78 is 48.2. The van der Waals surface area contributed by atoms with E-state index in [-0.39, 0.29) is 29.9 Å². The van der Waals surface area contributed by atoms with Crippen LogP contribution < -0.4 is 24.5 Å². The Balaban J connectivity index is 0.0000000965. The molecule has 0 atom stereocenters. The number of para-hydroxylation sites is 4. The molecule has 0 saturated heterocycles. The number of halogens is 6. The average molecular weight is 2150 g/mol. The van der Waals surface area contributed by atoms with Gasteiger partial charge in [0.15, 0.2) is 0 Å². The van der Waals surface area contributed by atoms with E-state index in [1.165, 1.54) is 133 Å². The molecule has 0 aliphatic carbocycles. The largest absolute Gasteiger partial charge is 0.309 e. The van der Waals surface area contributed by atoms with Crippen molar-refractivity contribution in [3.8, 4) is 77.9 Å². The highest BCUT2D eigenvalue weighted by Gasteiger charge is 2.34. The first-order valence-electron chi connectivity index (χ1n) is 47.2. The summed E-state index contributed by atoms with van der Waals surface area (Å²) in [5.74, 6) is 1.36. The summed E-state index contributed by atoms with van der Waals surface area (Å²) in [5, 5.41) is 13.1. The molecule has 2 aromatic heterocycles. The summed E-state index contributed by atoms with van der Waals surface area (Å²) in [6, 6.07) is 140. The second-order valence-electron chi connectivity index (χ2n) is 33.6. The molecule has 28 rings (SSSR count). The van der Waals surface area contributed by atoms with Gasteiger partial charge in [-0.15, -0.1) is 0 Å². The van der Waals surface area contributed by atoms with Crippen LogP contribution in [-0.2, 0) is 0 Å². The van der Waals surface area contributed by atoms with E-state index in [2.05, 4.69) is 447 Å². The quantitative estimate of drug-likeness (QED) is 0.155.